The molecule has 1 aliphatic heterocycles. The maximum atomic E-state index is 10.5. The van der Waals surface area contributed by atoms with E-state index in [0.29, 0.717) is 0 Å². The SMILES string of the molecule is CCCCCCC(C)(c1ccccc1Oc1ccccc1)C1(N)CCCN(CCCCNC=O)C1. The average Bonchev–Trinajstić information content (AvgIpc) is 2.87. The van der Waals surface area contributed by atoms with Gasteiger partial charge < -0.3 is 20.7 Å². The van der Waals surface area contributed by atoms with Crippen LogP contribution in [-0.2, 0) is 10.2 Å². The molecule has 192 valence electrons. The van der Waals surface area contributed by atoms with Gasteiger partial charge in [-0.1, -0.05) is 75.9 Å². The van der Waals surface area contributed by atoms with Gasteiger partial charge in [-0.2, -0.15) is 0 Å². The Balaban J connectivity index is 1.85. The average molecular weight is 480 g/mol. The van der Waals surface area contributed by atoms with Gasteiger partial charge in [0.25, 0.3) is 0 Å². The highest BCUT2D eigenvalue weighted by Gasteiger charge is 2.49. The highest BCUT2D eigenvalue weighted by atomic mass is 16.5. The van der Waals surface area contributed by atoms with E-state index in [1.54, 1.807) is 0 Å². The lowest BCUT2D eigenvalue weighted by molar-refractivity contribution is -0.109. The summed E-state index contributed by atoms with van der Waals surface area (Å²) in [6.45, 7) is 8.38. The standard InChI is InChI=1S/C30H45N3O2/c1-3-4-5-11-19-29(2,27-17-9-10-18-28(27)35-26-15-7-6-8-16-26)30(31)20-14-23-33(24-30)22-13-12-21-32-25-34/h6-10,15-18,25H,3-5,11-14,19-24,31H2,1-2H3,(H,32,34). The first-order valence-electron chi connectivity index (χ1n) is 13.5. The molecule has 0 saturated carbocycles. The van der Waals surface area contributed by atoms with Gasteiger partial charge >= 0.3 is 0 Å². The number of rotatable bonds is 15. The van der Waals surface area contributed by atoms with Crippen molar-refractivity contribution in [2.45, 2.75) is 82.6 Å². The maximum absolute atomic E-state index is 10.5. The molecule has 2 aromatic carbocycles. The summed E-state index contributed by atoms with van der Waals surface area (Å²) >= 11 is 0. The van der Waals surface area contributed by atoms with Gasteiger partial charge in [0.05, 0.1) is 0 Å². The third-order valence-corrected chi connectivity index (χ3v) is 7.81. The van der Waals surface area contributed by atoms with Crippen LogP contribution in [0, 0.1) is 0 Å². The fraction of sp³-hybridized carbons (Fsp3) is 0.567. The van der Waals surface area contributed by atoms with Crippen LogP contribution in [0.3, 0.4) is 0 Å². The number of benzene rings is 2. The van der Waals surface area contributed by atoms with Crippen LogP contribution < -0.4 is 15.8 Å². The van der Waals surface area contributed by atoms with Crippen molar-refractivity contribution < 1.29 is 9.53 Å². The highest BCUT2D eigenvalue weighted by molar-refractivity contribution is 5.46. The van der Waals surface area contributed by atoms with E-state index in [4.69, 9.17) is 10.5 Å². The van der Waals surface area contributed by atoms with Gasteiger partial charge in [-0.3, -0.25) is 4.79 Å². The van der Waals surface area contributed by atoms with Crippen LogP contribution >= 0.6 is 0 Å². The lowest BCUT2D eigenvalue weighted by Gasteiger charge is -2.52. The molecular formula is C30H45N3O2. The number of amides is 1. The van der Waals surface area contributed by atoms with E-state index in [1.165, 1.54) is 31.2 Å². The number of nitrogens with two attached hydrogens (primary N) is 1. The summed E-state index contributed by atoms with van der Waals surface area (Å²) in [4.78, 5) is 13.1. The molecule has 1 fully saturated rings. The zero-order valence-electron chi connectivity index (χ0n) is 21.8. The summed E-state index contributed by atoms with van der Waals surface area (Å²) in [5, 5.41) is 2.77. The number of piperidine rings is 1. The normalized spacial score (nSPS) is 20.2. The zero-order chi connectivity index (χ0) is 25.0. The minimum atomic E-state index is -0.339. The number of carbonyl (C=O) groups excluding carboxylic acids is 1. The molecule has 0 radical (unpaired) electrons. The zero-order valence-corrected chi connectivity index (χ0v) is 21.8. The van der Waals surface area contributed by atoms with E-state index < -0.39 is 0 Å². The number of nitrogens with zero attached hydrogens (tertiary/aromatic N) is 1. The molecule has 5 nitrogen and oxygen atoms in total. The Morgan fingerprint density at radius 2 is 1.83 bits per heavy atom. The Morgan fingerprint density at radius 3 is 2.60 bits per heavy atom. The smallest absolute Gasteiger partial charge is 0.207 e. The summed E-state index contributed by atoms with van der Waals surface area (Å²) in [6.07, 6.45) is 10.9. The fourth-order valence-corrected chi connectivity index (χ4v) is 5.62. The second-order valence-corrected chi connectivity index (χ2v) is 10.4. The van der Waals surface area contributed by atoms with Crippen molar-refractivity contribution in [3.05, 3.63) is 60.2 Å². The van der Waals surface area contributed by atoms with E-state index in [0.717, 1.165) is 76.2 Å². The van der Waals surface area contributed by atoms with Crippen molar-refractivity contribution in [2.75, 3.05) is 26.2 Å². The molecule has 1 amide bonds. The van der Waals surface area contributed by atoms with Crippen LogP contribution in [0.5, 0.6) is 11.5 Å². The molecule has 0 spiro atoms. The Kier molecular flexibility index (Phi) is 10.6. The Labute approximate surface area is 212 Å². The number of ether oxygens (including phenoxy) is 1. The van der Waals surface area contributed by atoms with Crippen LogP contribution in [0.25, 0.3) is 0 Å². The van der Waals surface area contributed by atoms with E-state index in [1.807, 2.05) is 30.3 Å². The van der Waals surface area contributed by atoms with Crippen LogP contribution in [0.1, 0.15) is 77.2 Å². The van der Waals surface area contributed by atoms with Gasteiger partial charge in [0.1, 0.15) is 11.5 Å². The first kappa shape index (κ1) is 27.2. The minimum Gasteiger partial charge on any atom is -0.457 e. The predicted molar refractivity (Wildman–Crippen MR) is 145 cm³/mol. The van der Waals surface area contributed by atoms with Gasteiger partial charge in [-0.05, 0) is 63.4 Å². The monoisotopic (exact) mass is 479 g/mol. The molecule has 1 heterocycles. The number of hydrogen-bond acceptors (Lipinski definition) is 4. The summed E-state index contributed by atoms with van der Waals surface area (Å²) < 4.78 is 6.44. The van der Waals surface area contributed by atoms with Gasteiger partial charge in [0.2, 0.25) is 6.41 Å². The second-order valence-electron chi connectivity index (χ2n) is 10.4. The molecule has 1 saturated heterocycles. The number of nitrogens with one attached hydrogen (secondary N) is 1. The molecule has 1 aliphatic rings. The van der Waals surface area contributed by atoms with Crippen molar-refractivity contribution in [2.24, 2.45) is 5.73 Å². The summed E-state index contributed by atoms with van der Waals surface area (Å²) in [5.41, 5.74) is 8.11. The number of carbonyl (C=O) groups is 1. The van der Waals surface area contributed by atoms with E-state index >= 15 is 0 Å². The van der Waals surface area contributed by atoms with Crippen molar-refractivity contribution in [3.8, 4) is 11.5 Å². The first-order chi connectivity index (χ1) is 17.0. The predicted octanol–water partition coefficient (Wildman–Crippen LogP) is 6.03. The molecule has 5 heteroatoms. The lowest BCUT2D eigenvalue weighted by atomic mass is 9.61. The van der Waals surface area contributed by atoms with Crippen molar-refractivity contribution in [1.82, 2.24) is 10.2 Å². The van der Waals surface area contributed by atoms with Crippen LogP contribution in [-0.4, -0.2) is 43.0 Å². The molecular weight excluding hydrogens is 434 g/mol. The van der Waals surface area contributed by atoms with E-state index in [9.17, 15) is 4.79 Å². The minimum absolute atomic E-state index is 0.205. The third kappa shape index (κ3) is 7.31. The topological polar surface area (TPSA) is 67.6 Å². The number of unbranched alkanes of at least 4 members (excludes halogenated alkanes) is 4. The second kappa shape index (κ2) is 13.6. The van der Waals surface area contributed by atoms with Crippen LogP contribution in [0.15, 0.2) is 54.6 Å². The van der Waals surface area contributed by atoms with Crippen molar-refractivity contribution >= 4 is 6.41 Å². The van der Waals surface area contributed by atoms with Gasteiger partial charge in [0, 0.05) is 29.6 Å². The summed E-state index contributed by atoms with van der Waals surface area (Å²) in [7, 11) is 0. The quantitative estimate of drug-likeness (QED) is 0.242. The van der Waals surface area contributed by atoms with Crippen LogP contribution in [0.2, 0.25) is 0 Å². The highest BCUT2D eigenvalue weighted by Crippen LogP contribution is 2.47. The lowest BCUT2D eigenvalue weighted by Crippen LogP contribution is -2.65. The molecule has 0 bridgehead atoms. The Bertz CT molecular complexity index is 890. The fourth-order valence-electron chi connectivity index (χ4n) is 5.62. The maximum Gasteiger partial charge on any atom is 0.207 e. The summed E-state index contributed by atoms with van der Waals surface area (Å²) in [6, 6.07) is 18.6. The Hall–Kier alpha value is -2.37. The summed E-state index contributed by atoms with van der Waals surface area (Å²) in [5.74, 6) is 1.77. The molecule has 0 aromatic heterocycles. The van der Waals surface area contributed by atoms with E-state index in [2.05, 4.69) is 48.3 Å². The molecule has 35 heavy (non-hydrogen) atoms. The molecule has 2 unspecified atom stereocenters. The largest absolute Gasteiger partial charge is 0.457 e. The molecule has 3 N–H and O–H groups in total. The molecule has 3 rings (SSSR count). The van der Waals surface area contributed by atoms with Gasteiger partial charge in [-0.25, -0.2) is 0 Å². The van der Waals surface area contributed by atoms with E-state index in [-0.39, 0.29) is 11.0 Å². The van der Waals surface area contributed by atoms with Crippen molar-refractivity contribution in [3.63, 3.8) is 0 Å². The number of likely N-dealkylation sites (tertiary alicyclic amines) is 1. The van der Waals surface area contributed by atoms with Gasteiger partial charge in [0.15, 0.2) is 0 Å². The number of hydrogen-bond donors (Lipinski definition) is 2. The molecule has 2 aromatic rings. The molecule has 2 atom stereocenters. The third-order valence-electron chi connectivity index (χ3n) is 7.81. The molecule has 0 aliphatic carbocycles. The van der Waals surface area contributed by atoms with Crippen LogP contribution in [0.4, 0.5) is 0 Å². The Morgan fingerprint density at radius 1 is 1.06 bits per heavy atom. The van der Waals surface area contributed by atoms with Gasteiger partial charge in [-0.15, -0.1) is 0 Å². The first-order valence-corrected chi connectivity index (χ1v) is 13.5. The van der Waals surface area contributed by atoms with Crippen molar-refractivity contribution in [1.29, 1.82) is 0 Å². The number of para-hydroxylation sites is 2.